The van der Waals surface area contributed by atoms with Gasteiger partial charge >= 0.3 is 0 Å². The highest BCUT2D eigenvalue weighted by molar-refractivity contribution is 6.31. The van der Waals surface area contributed by atoms with Crippen LogP contribution in [0.25, 0.3) is 0 Å². The SMILES string of the molecule is Cc1ccc(C(=O)c2ccc(Cl)cc2N)o1. The monoisotopic (exact) mass is 235 g/mol. The average molecular weight is 236 g/mol. The van der Waals surface area contributed by atoms with E-state index >= 15 is 0 Å². The molecule has 0 aliphatic carbocycles. The molecule has 0 fully saturated rings. The molecule has 3 nitrogen and oxygen atoms in total. The number of nitrogens with two attached hydrogens (primary N) is 1. The number of carbonyl (C=O) groups excluding carboxylic acids is 1. The highest BCUT2D eigenvalue weighted by Crippen LogP contribution is 2.21. The Morgan fingerprint density at radius 1 is 1.31 bits per heavy atom. The minimum absolute atomic E-state index is 0.234. The first-order chi connectivity index (χ1) is 7.58. The Balaban J connectivity index is 2.41. The van der Waals surface area contributed by atoms with Crippen LogP contribution in [0.2, 0.25) is 5.02 Å². The molecule has 0 saturated carbocycles. The van der Waals surface area contributed by atoms with E-state index in [1.807, 2.05) is 0 Å². The lowest BCUT2D eigenvalue weighted by atomic mass is 10.1. The molecular weight excluding hydrogens is 226 g/mol. The van der Waals surface area contributed by atoms with Crippen LogP contribution in [-0.2, 0) is 0 Å². The van der Waals surface area contributed by atoms with Crippen molar-refractivity contribution < 1.29 is 9.21 Å². The van der Waals surface area contributed by atoms with E-state index in [1.54, 1.807) is 37.3 Å². The molecule has 0 saturated heterocycles. The van der Waals surface area contributed by atoms with Crippen molar-refractivity contribution in [3.05, 3.63) is 52.4 Å². The predicted octanol–water partition coefficient (Wildman–Crippen LogP) is 3.05. The maximum absolute atomic E-state index is 12.0. The van der Waals surface area contributed by atoms with Gasteiger partial charge in [0.15, 0.2) is 5.76 Å². The van der Waals surface area contributed by atoms with Crippen molar-refractivity contribution in [2.75, 3.05) is 5.73 Å². The van der Waals surface area contributed by atoms with E-state index in [9.17, 15) is 4.79 Å². The van der Waals surface area contributed by atoms with Crippen LogP contribution in [0.4, 0.5) is 5.69 Å². The van der Waals surface area contributed by atoms with Gasteiger partial charge in [0.05, 0.1) is 0 Å². The van der Waals surface area contributed by atoms with Crippen molar-refractivity contribution in [2.24, 2.45) is 0 Å². The number of rotatable bonds is 2. The fourth-order valence-corrected chi connectivity index (χ4v) is 1.61. The second-order valence-electron chi connectivity index (χ2n) is 3.47. The summed E-state index contributed by atoms with van der Waals surface area (Å²) in [6, 6.07) is 8.13. The molecule has 82 valence electrons. The number of anilines is 1. The fraction of sp³-hybridized carbons (Fsp3) is 0.0833. The first-order valence-corrected chi connectivity index (χ1v) is 5.12. The lowest BCUT2D eigenvalue weighted by molar-refractivity contribution is 0.101. The molecule has 1 aromatic heterocycles. The van der Waals surface area contributed by atoms with Gasteiger partial charge in [-0.25, -0.2) is 0 Å². The number of carbonyl (C=O) groups is 1. The van der Waals surface area contributed by atoms with E-state index in [-0.39, 0.29) is 11.5 Å². The molecule has 0 aliphatic heterocycles. The summed E-state index contributed by atoms with van der Waals surface area (Å²) in [5.74, 6) is 0.740. The largest absolute Gasteiger partial charge is 0.458 e. The number of halogens is 1. The second-order valence-corrected chi connectivity index (χ2v) is 3.91. The molecule has 0 radical (unpaired) electrons. The Labute approximate surface area is 97.8 Å². The molecule has 2 rings (SSSR count). The molecule has 0 amide bonds. The summed E-state index contributed by atoms with van der Waals surface area (Å²) in [5.41, 5.74) is 6.47. The Bertz CT molecular complexity index is 546. The van der Waals surface area contributed by atoms with Gasteiger partial charge in [-0.1, -0.05) is 11.6 Å². The first kappa shape index (κ1) is 10.8. The molecular formula is C12H10ClNO2. The van der Waals surface area contributed by atoms with E-state index in [0.29, 0.717) is 22.0 Å². The van der Waals surface area contributed by atoms with E-state index in [0.717, 1.165) is 0 Å². The predicted molar refractivity (Wildman–Crippen MR) is 62.7 cm³/mol. The van der Waals surface area contributed by atoms with Gasteiger partial charge in [0.1, 0.15) is 5.76 Å². The van der Waals surface area contributed by atoms with Gasteiger partial charge in [-0.3, -0.25) is 4.79 Å². The number of ketones is 1. The summed E-state index contributed by atoms with van der Waals surface area (Å²) in [6.45, 7) is 1.78. The lowest BCUT2D eigenvalue weighted by Crippen LogP contribution is -2.04. The summed E-state index contributed by atoms with van der Waals surface area (Å²) < 4.78 is 5.25. The van der Waals surface area contributed by atoms with Crippen LogP contribution in [0, 0.1) is 6.92 Å². The van der Waals surface area contributed by atoms with Crippen molar-refractivity contribution in [3.63, 3.8) is 0 Å². The Morgan fingerprint density at radius 3 is 2.62 bits per heavy atom. The van der Waals surface area contributed by atoms with Gasteiger partial charge in [0, 0.05) is 16.3 Å². The van der Waals surface area contributed by atoms with E-state index < -0.39 is 0 Å². The van der Waals surface area contributed by atoms with Gasteiger partial charge in [-0.05, 0) is 37.3 Å². The average Bonchev–Trinajstić information content (AvgIpc) is 2.64. The highest BCUT2D eigenvalue weighted by Gasteiger charge is 2.15. The molecule has 1 heterocycles. The van der Waals surface area contributed by atoms with Crippen molar-refractivity contribution >= 4 is 23.1 Å². The smallest absolute Gasteiger partial charge is 0.230 e. The van der Waals surface area contributed by atoms with Crippen LogP contribution < -0.4 is 5.73 Å². The molecule has 2 aromatic rings. The molecule has 0 bridgehead atoms. The van der Waals surface area contributed by atoms with E-state index in [4.69, 9.17) is 21.8 Å². The maximum Gasteiger partial charge on any atom is 0.230 e. The van der Waals surface area contributed by atoms with Crippen molar-refractivity contribution in [1.82, 2.24) is 0 Å². The third-order valence-corrected chi connectivity index (χ3v) is 2.46. The Kier molecular flexibility index (Phi) is 2.71. The third kappa shape index (κ3) is 1.95. The Hall–Kier alpha value is -1.74. The summed E-state index contributed by atoms with van der Waals surface area (Å²) in [6.07, 6.45) is 0. The zero-order valence-electron chi connectivity index (χ0n) is 8.66. The van der Waals surface area contributed by atoms with Gasteiger partial charge in [-0.15, -0.1) is 0 Å². The van der Waals surface area contributed by atoms with Crippen LogP contribution in [0.5, 0.6) is 0 Å². The molecule has 0 atom stereocenters. The summed E-state index contributed by atoms with van der Waals surface area (Å²) in [4.78, 5) is 12.0. The zero-order chi connectivity index (χ0) is 11.7. The number of furan rings is 1. The van der Waals surface area contributed by atoms with Gasteiger partial charge in [0.25, 0.3) is 0 Å². The number of hydrogen-bond donors (Lipinski definition) is 1. The Morgan fingerprint density at radius 2 is 2.06 bits per heavy atom. The van der Waals surface area contributed by atoms with Crippen molar-refractivity contribution in [1.29, 1.82) is 0 Å². The molecule has 16 heavy (non-hydrogen) atoms. The third-order valence-electron chi connectivity index (χ3n) is 2.22. The summed E-state index contributed by atoms with van der Waals surface area (Å²) >= 11 is 5.76. The van der Waals surface area contributed by atoms with Gasteiger partial charge in [0.2, 0.25) is 5.78 Å². The number of benzene rings is 1. The minimum Gasteiger partial charge on any atom is -0.458 e. The van der Waals surface area contributed by atoms with Crippen LogP contribution in [0.15, 0.2) is 34.7 Å². The molecule has 0 aliphatic rings. The lowest BCUT2D eigenvalue weighted by Gasteiger charge is -2.02. The molecule has 0 unspecified atom stereocenters. The molecule has 4 heteroatoms. The first-order valence-electron chi connectivity index (χ1n) is 4.74. The zero-order valence-corrected chi connectivity index (χ0v) is 9.41. The fourth-order valence-electron chi connectivity index (χ4n) is 1.43. The molecule has 1 aromatic carbocycles. The van der Waals surface area contributed by atoms with E-state index in [1.165, 1.54) is 0 Å². The molecule has 0 spiro atoms. The number of aryl methyl sites for hydroxylation is 1. The van der Waals surface area contributed by atoms with Crippen molar-refractivity contribution in [3.8, 4) is 0 Å². The molecule has 2 N–H and O–H groups in total. The maximum atomic E-state index is 12.0. The summed E-state index contributed by atoms with van der Waals surface area (Å²) in [5, 5.41) is 0.504. The van der Waals surface area contributed by atoms with Crippen LogP contribution in [-0.4, -0.2) is 5.78 Å². The normalized spacial score (nSPS) is 10.4. The van der Waals surface area contributed by atoms with Crippen LogP contribution in [0.3, 0.4) is 0 Å². The van der Waals surface area contributed by atoms with Crippen LogP contribution in [0.1, 0.15) is 21.9 Å². The highest BCUT2D eigenvalue weighted by atomic mass is 35.5. The summed E-state index contributed by atoms with van der Waals surface area (Å²) in [7, 11) is 0. The topological polar surface area (TPSA) is 56.2 Å². The second kappa shape index (κ2) is 4.02. The van der Waals surface area contributed by atoms with Gasteiger partial charge < -0.3 is 10.2 Å². The standard InChI is InChI=1S/C12H10ClNO2/c1-7-2-5-11(16-7)12(15)9-4-3-8(13)6-10(9)14/h2-6H,14H2,1H3. The minimum atomic E-state index is -0.234. The van der Waals surface area contributed by atoms with Crippen molar-refractivity contribution in [2.45, 2.75) is 6.92 Å². The van der Waals surface area contributed by atoms with E-state index in [2.05, 4.69) is 0 Å². The van der Waals surface area contributed by atoms with Gasteiger partial charge in [-0.2, -0.15) is 0 Å². The quantitative estimate of drug-likeness (QED) is 0.643. The number of nitrogen functional groups attached to an aromatic ring is 1. The number of hydrogen-bond acceptors (Lipinski definition) is 3. The van der Waals surface area contributed by atoms with Crippen LogP contribution >= 0.6 is 11.6 Å².